The van der Waals surface area contributed by atoms with Crippen LogP contribution in [0.5, 0.6) is 0 Å². The van der Waals surface area contributed by atoms with Crippen LogP contribution < -0.4 is 10.2 Å². The van der Waals surface area contributed by atoms with Gasteiger partial charge in [0.05, 0.1) is 19.6 Å². The highest BCUT2D eigenvalue weighted by Crippen LogP contribution is 2.25. The molecule has 104 valence electrons. The van der Waals surface area contributed by atoms with Crippen LogP contribution in [0.3, 0.4) is 0 Å². The van der Waals surface area contributed by atoms with Crippen molar-refractivity contribution in [1.29, 1.82) is 0 Å². The Morgan fingerprint density at radius 3 is 2.89 bits per heavy atom. The molecule has 0 bridgehead atoms. The average Bonchev–Trinajstić information content (AvgIpc) is 2.41. The number of carbonyl (C=O) groups excluding carboxylic acids is 1. The van der Waals surface area contributed by atoms with Gasteiger partial charge in [-0.3, -0.25) is 4.79 Å². The van der Waals surface area contributed by atoms with Crippen molar-refractivity contribution in [3.8, 4) is 0 Å². The summed E-state index contributed by atoms with van der Waals surface area (Å²) in [5, 5.41) is 3.43. The maximum Gasteiger partial charge on any atom is 0.307 e. The highest BCUT2D eigenvalue weighted by atomic mass is 16.5. The molecule has 2 atom stereocenters. The number of methoxy groups -OCH3 is 1. The van der Waals surface area contributed by atoms with Crippen molar-refractivity contribution in [1.82, 2.24) is 5.32 Å². The summed E-state index contributed by atoms with van der Waals surface area (Å²) in [7, 11) is 1.44. The number of rotatable bonds is 3. The third-order valence-corrected chi connectivity index (χ3v) is 3.67. The fraction of sp³-hybridized carbons (Fsp3) is 0.533. The zero-order valence-corrected chi connectivity index (χ0v) is 11.8. The Hall–Kier alpha value is -1.55. The van der Waals surface area contributed by atoms with E-state index in [4.69, 9.17) is 4.74 Å². The minimum Gasteiger partial charge on any atom is -0.469 e. The third-order valence-electron chi connectivity index (χ3n) is 3.67. The first-order valence-corrected chi connectivity index (χ1v) is 6.74. The topological polar surface area (TPSA) is 41.6 Å². The van der Waals surface area contributed by atoms with Gasteiger partial charge in [0, 0.05) is 24.8 Å². The molecule has 0 saturated carbocycles. The van der Waals surface area contributed by atoms with Crippen LogP contribution in [0.2, 0.25) is 0 Å². The van der Waals surface area contributed by atoms with E-state index in [0.717, 1.165) is 13.1 Å². The van der Waals surface area contributed by atoms with Crippen LogP contribution >= 0.6 is 0 Å². The molecule has 1 saturated heterocycles. The second-order valence-electron chi connectivity index (χ2n) is 5.18. The summed E-state index contributed by atoms with van der Waals surface area (Å²) < 4.78 is 4.80. The van der Waals surface area contributed by atoms with Crippen molar-refractivity contribution in [3.05, 3.63) is 29.8 Å². The number of hydrogen-bond donors (Lipinski definition) is 1. The number of hydrogen-bond acceptors (Lipinski definition) is 4. The molecule has 4 nitrogen and oxygen atoms in total. The molecule has 2 unspecified atom stereocenters. The molecule has 0 aliphatic carbocycles. The summed E-state index contributed by atoms with van der Waals surface area (Å²) in [6.07, 6.45) is 0.421. The largest absolute Gasteiger partial charge is 0.469 e. The molecule has 19 heavy (non-hydrogen) atoms. The first kappa shape index (κ1) is 13.9. The number of esters is 1. The number of anilines is 1. The molecule has 1 heterocycles. The van der Waals surface area contributed by atoms with E-state index in [-0.39, 0.29) is 12.0 Å². The lowest BCUT2D eigenvalue weighted by atomic mass is 10.0. The molecular formula is C15H22N2O2. The second-order valence-corrected chi connectivity index (χ2v) is 5.18. The number of aryl methyl sites for hydroxylation is 1. The molecule has 4 heteroatoms. The van der Waals surface area contributed by atoms with Gasteiger partial charge in [-0.25, -0.2) is 0 Å². The molecular weight excluding hydrogens is 240 g/mol. The molecule has 1 aliphatic rings. The average molecular weight is 262 g/mol. The number of benzene rings is 1. The Balaban J connectivity index is 2.21. The fourth-order valence-corrected chi connectivity index (χ4v) is 2.59. The summed E-state index contributed by atoms with van der Waals surface area (Å²) in [6.45, 7) is 5.99. The van der Waals surface area contributed by atoms with E-state index in [1.54, 1.807) is 0 Å². The van der Waals surface area contributed by atoms with E-state index in [9.17, 15) is 4.79 Å². The van der Waals surface area contributed by atoms with Crippen molar-refractivity contribution in [2.24, 2.45) is 0 Å². The number of nitrogens with one attached hydrogen (secondary N) is 1. The molecule has 2 rings (SSSR count). The number of para-hydroxylation sites is 1. The fourth-order valence-electron chi connectivity index (χ4n) is 2.59. The Morgan fingerprint density at radius 1 is 1.47 bits per heavy atom. The molecule has 1 N–H and O–H groups in total. The summed E-state index contributed by atoms with van der Waals surface area (Å²) >= 11 is 0. The normalized spacial score (nSPS) is 23.2. The Labute approximate surface area is 114 Å². The highest BCUT2D eigenvalue weighted by molar-refractivity contribution is 5.71. The summed E-state index contributed by atoms with van der Waals surface area (Å²) in [5.74, 6) is -0.153. The minimum atomic E-state index is -0.153. The van der Waals surface area contributed by atoms with Crippen molar-refractivity contribution in [2.45, 2.75) is 32.4 Å². The van der Waals surface area contributed by atoms with Crippen LogP contribution in [-0.2, 0) is 9.53 Å². The van der Waals surface area contributed by atoms with Crippen molar-refractivity contribution in [2.75, 3.05) is 25.1 Å². The van der Waals surface area contributed by atoms with Gasteiger partial charge < -0.3 is 15.0 Å². The predicted molar refractivity (Wildman–Crippen MR) is 76.4 cm³/mol. The van der Waals surface area contributed by atoms with Gasteiger partial charge in [-0.15, -0.1) is 0 Å². The summed E-state index contributed by atoms with van der Waals surface area (Å²) in [6, 6.07) is 8.90. The Morgan fingerprint density at radius 2 is 2.21 bits per heavy atom. The lowest BCUT2D eigenvalue weighted by Crippen LogP contribution is -2.56. The monoisotopic (exact) mass is 262 g/mol. The quantitative estimate of drug-likeness (QED) is 0.842. The number of ether oxygens (including phenoxy) is 1. The van der Waals surface area contributed by atoms with Crippen LogP contribution in [0, 0.1) is 6.92 Å². The van der Waals surface area contributed by atoms with Crippen LogP contribution in [0.25, 0.3) is 0 Å². The molecule has 0 amide bonds. The predicted octanol–water partition coefficient (Wildman–Crippen LogP) is 1.72. The lowest BCUT2D eigenvalue weighted by molar-refractivity contribution is -0.141. The lowest BCUT2D eigenvalue weighted by Gasteiger charge is -2.41. The van der Waals surface area contributed by atoms with Gasteiger partial charge in [-0.2, -0.15) is 0 Å². The third kappa shape index (κ3) is 3.26. The van der Waals surface area contributed by atoms with E-state index >= 15 is 0 Å². The highest BCUT2D eigenvalue weighted by Gasteiger charge is 2.28. The molecule has 1 aromatic rings. The van der Waals surface area contributed by atoms with E-state index in [0.29, 0.717) is 12.5 Å². The van der Waals surface area contributed by atoms with Gasteiger partial charge in [0.2, 0.25) is 0 Å². The summed E-state index contributed by atoms with van der Waals surface area (Å²) in [5.41, 5.74) is 2.45. The maximum atomic E-state index is 11.5. The van der Waals surface area contributed by atoms with Crippen molar-refractivity contribution >= 4 is 11.7 Å². The SMILES string of the molecule is COC(=O)CC1CNC(C)CN1c1ccccc1C. The molecule has 0 spiro atoms. The maximum absolute atomic E-state index is 11.5. The van der Waals surface area contributed by atoms with Crippen LogP contribution in [0.4, 0.5) is 5.69 Å². The summed E-state index contributed by atoms with van der Waals surface area (Å²) in [4.78, 5) is 13.9. The number of nitrogens with zero attached hydrogens (tertiary/aromatic N) is 1. The van der Waals surface area contributed by atoms with E-state index in [1.807, 2.05) is 12.1 Å². The minimum absolute atomic E-state index is 0.153. The van der Waals surface area contributed by atoms with E-state index < -0.39 is 0 Å². The smallest absolute Gasteiger partial charge is 0.307 e. The van der Waals surface area contributed by atoms with Gasteiger partial charge in [-0.1, -0.05) is 18.2 Å². The van der Waals surface area contributed by atoms with E-state index in [1.165, 1.54) is 18.4 Å². The van der Waals surface area contributed by atoms with Gasteiger partial charge in [0.1, 0.15) is 0 Å². The molecule has 1 aliphatic heterocycles. The number of carbonyl (C=O) groups is 1. The molecule has 1 aromatic carbocycles. The van der Waals surface area contributed by atoms with E-state index in [2.05, 4.69) is 36.2 Å². The van der Waals surface area contributed by atoms with Gasteiger partial charge >= 0.3 is 5.97 Å². The van der Waals surface area contributed by atoms with Crippen LogP contribution in [-0.4, -0.2) is 38.3 Å². The Kier molecular flexibility index (Phi) is 4.43. The van der Waals surface area contributed by atoms with Crippen LogP contribution in [0.1, 0.15) is 18.9 Å². The standard InChI is InChI=1S/C15H22N2O2/c1-11-6-4-5-7-14(11)17-10-12(2)16-9-13(17)8-15(18)19-3/h4-7,12-13,16H,8-10H2,1-3H3. The first-order valence-electron chi connectivity index (χ1n) is 6.74. The number of piperazine rings is 1. The zero-order chi connectivity index (χ0) is 13.8. The van der Waals surface area contributed by atoms with Crippen LogP contribution in [0.15, 0.2) is 24.3 Å². The van der Waals surface area contributed by atoms with Gasteiger partial charge in [-0.05, 0) is 25.5 Å². The second kappa shape index (κ2) is 6.06. The molecule has 0 radical (unpaired) electrons. The van der Waals surface area contributed by atoms with Crippen molar-refractivity contribution in [3.63, 3.8) is 0 Å². The first-order chi connectivity index (χ1) is 9.11. The Bertz CT molecular complexity index is 448. The zero-order valence-electron chi connectivity index (χ0n) is 11.8. The van der Waals surface area contributed by atoms with Gasteiger partial charge in [0.15, 0.2) is 0 Å². The van der Waals surface area contributed by atoms with Gasteiger partial charge in [0.25, 0.3) is 0 Å². The van der Waals surface area contributed by atoms with Crippen molar-refractivity contribution < 1.29 is 9.53 Å². The molecule has 1 fully saturated rings. The molecule has 0 aromatic heterocycles.